The Morgan fingerprint density at radius 3 is 2.63 bits per heavy atom. The second-order valence-corrected chi connectivity index (χ2v) is 8.15. The summed E-state index contributed by atoms with van der Waals surface area (Å²) in [6, 6.07) is 6.44. The zero-order valence-corrected chi connectivity index (χ0v) is 16.5. The summed E-state index contributed by atoms with van der Waals surface area (Å²) in [5.41, 5.74) is 0. The molecule has 8 heteroatoms. The molecule has 150 valence electrons. The molecule has 2 rings (SSSR count). The second kappa shape index (κ2) is 11.1. The van der Waals surface area contributed by atoms with Crippen molar-refractivity contribution in [1.29, 1.82) is 0 Å². The van der Waals surface area contributed by atoms with E-state index in [1.807, 2.05) is 0 Å². The van der Waals surface area contributed by atoms with Crippen LogP contribution in [-0.2, 0) is 19.4 Å². The Balaban J connectivity index is 1.74. The number of hydrogen-bond donors (Lipinski definition) is 1. The van der Waals surface area contributed by atoms with Gasteiger partial charge in [0.25, 0.3) is 0 Å². The van der Waals surface area contributed by atoms with Gasteiger partial charge < -0.3 is 14.8 Å². The van der Waals surface area contributed by atoms with Crippen molar-refractivity contribution in [2.75, 3.05) is 46.0 Å². The summed E-state index contributed by atoms with van der Waals surface area (Å²) in [4.78, 5) is 13.3. The third kappa shape index (κ3) is 8.11. The zero-order valence-electron chi connectivity index (χ0n) is 15.7. The van der Waals surface area contributed by atoms with Gasteiger partial charge in [-0.25, -0.2) is 8.42 Å². The van der Waals surface area contributed by atoms with Crippen LogP contribution in [0.25, 0.3) is 0 Å². The third-order valence-corrected chi connectivity index (χ3v) is 5.58. The molecule has 0 saturated carbocycles. The van der Waals surface area contributed by atoms with E-state index in [0.29, 0.717) is 25.3 Å². The number of ether oxygens (including phenoxy) is 2. The van der Waals surface area contributed by atoms with Gasteiger partial charge in [0.1, 0.15) is 5.75 Å². The summed E-state index contributed by atoms with van der Waals surface area (Å²) in [5.74, 6) is 0.525. The number of amides is 1. The Kier molecular flexibility index (Phi) is 8.77. The van der Waals surface area contributed by atoms with E-state index in [1.165, 1.54) is 12.3 Å². The third-order valence-electron chi connectivity index (χ3n) is 4.10. The quantitative estimate of drug-likeness (QED) is 0.605. The van der Waals surface area contributed by atoms with E-state index in [2.05, 4.69) is 10.2 Å². The van der Waals surface area contributed by atoms with Crippen LogP contribution in [0, 0.1) is 0 Å². The maximum absolute atomic E-state index is 12.2. The number of benzene rings is 1. The highest BCUT2D eigenvalue weighted by molar-refractivity contribution is 7.94. The van der Waals surface area contributed by atoms with Gasteiger partial charge in [-0.1, -0.05) is 6.08 Å². The van der Waals surface area contributed by atoms with Crippen molar-refractivity contribution in [2.24, 2.45) is 0 Å². The Labute approximate surface area is 161 Å². The predicted octanol–water partition coefficient (Wildman–Crippen LogP) is 1.60. The van der Waals surface area contributed by atoms with Gasteiger partial charge in [-0.3, -0.25) is 9.69 Å². The maximum Gasteiger partial charge on any atom is 0.216 e. The van der Waals surface area contributed by atoms with Crippen molar-refractivity contribution >= 4 is 15.7 Å². The van der Waals surface area contributed by atoms with Crippen LogP contribution in [0.5, 0.6) is 5.75 Å². The van der Waals surface area contributed by atoms with Gasteiger partial charge in [0, 0.05) is 38.5 Å². The number of hydrogen-bond acceptors (Lipinski definition) is 6. The Bertz CT molecular complexity index is 710. The second-order valence-electron chi connectivity index (χ2n) is 6.32. The Hall–Kier alpha value is -1.90. The highest BCUT2D eigenvalue weighted by atomic mass is 32.2. The molecule has 1 aliphatic rings. The fraction of sp³-hybridized carbons (Fsp3) is 0.526. The fourth-order valence-electron chi connectivity index (χ4n) is 2.63. The molecule has 1 saturated heterocycles. The molecule has 1 aliphatic heterocycles. The summed E-state index contributed by atoms with van der Waals surface area (Å²) in [6.07, 6.45) is 2.92. The van der Waals surface area contributed by atoms with E-state index < -0.39 is 9.84 Å². The van der Waals surface area contributed by atoms with Gasteiger partial charge in [-0.05, 0) is 37.1 Å². The number of nitrogens with zero attached hydrogens (tertiary/aromatic N) is 1. The highest BCUT2D eigenvalue weighted by Gasteiger charge is 2.11. The number of rotatable bonds is 10. The van der Waals surface area contributed by atoms with Crippen molar-refractivity contribution in [1.82, 2.24) is 10.2 Å². The summed E-state index contributed by atoms with van der Waals surface area (Å²) < 4.78 is 35.5. The molecule has 1 aromatic rings. The molecule has 27 heavy (non-hydrogen) atoms. The lowest BCUT2D eigenvalue weighted by Crippen LogP contribution is -2.37. The minimum atomic E-state index is -3.48. The Morgan fingerprint density at radius 2 is 1.96 bits per heavy atom. The largest absolute Gasteiger partial charge is 0.494 e. The first-order chi connectivity index (χ1) is 13.0. The maximum atomic E-state index is 12.2. The molecule has 1 heterocycles. The van der Waals surface area contributed by atoms with Crippen LogP contribution in [-0.4, -0.2) is 65.2 Å². The molecule has 1 N–H and O–H groups in total. The molecule has 1 fully saturated rings. The molecule has 0 unspecified atom stereocenters. The lowest BCUT2D eigenvalue weighted by molar-refractivity contribution is -0.118. The fourth-order valence-corrected chi connectivity index (χ4v) is 3.70. The lowest BCUT2D eigenvalue weighted by Gasteiger charge is -2.26. The molecule has 0 spiro atoms. The molecule has 0 bridgehead atoms. The molecular formula is C19H28N2O5S. The molecule has 1 aromatic carbocycles. The van der Waals surface area contributed by atoms with Gasteiger partial charge in [0.15, 0.2) is 9.84 Å². The number of carbonyl (C=O) groups excluding carboxylic acids is 1. The number of nitrogens with one attached hydrogen (secondary N) is 1. The standard InChI is InChI=1S/C19H28N2O5S/c1-17(22)20-9-2-3-16-27(23,24)19-7-5-18(6-8-19)26-13-4-10-21-11-14-25-15-12-21/h3,5-8,16H,2,4,9-15H2,1H3,(H,20,22)/b16-3+. The monoisotopic (exact) mass is 396 g/mol. The molecule has 0 aliphatic carbocycles. The molecule has 0 atom stereocenters. The van der Waals surface area contributed by atoms with E-state index in [1.54, 1.807) is 30.3 Å². The van der Waals surface area contributed by atoms with Gasteiger partial charge in [0.05, 0.1) is 24.7 Å². The van der Waals surface area contributed by atoms with Crippen LogP contribution in [0.3, 0.4) is 0 Å². The molecular weight excluding hydrogens is 368 g/mol. The van der Waals surface area contributed by atoms with Crippen LogP contribution in [0.1, 0.15) is 19.8 Å². The van der Waals surface area contributed by atoms with Crippen LogP contribution in [0.4, 0.5) is 0 Å². The SMILES string of the molecule is CC(=O)NCC/C=C/S(=O)(=O)c1ccc(OCCCN2CCOCC2)cc1. The summed E-state index contributed by atoms with van der Waals surface area (Å²) in [5, 5.41) is 3.79. The first kappa shape index (κ1) is 21.4. The topological polar surface area (TPSA) is 84.9 Å². The van der Waals surface area contributed by atoms with Gasteiger partial charge >= 0.3 is 0 Å². The summed E-state index contributed by atoms with van der Waals surface area (Å²) in [6.45, 7) is 6.91. The smallest absolute Gasteiger partial charge is 0.216 e. The predicted molar refractivity (Wildman–Crippen MR) is 103 cm³/mol. The molecule has 0 aromatic heterocycles. The number of carbonyl (C=O) groups is 1. The van der Waals surface area contributed by atoms with Crippen molar-refractivity contribution in [3.63, 3.8) is 0 Å². The van der Waals surface area contributed by atoms with Crippen LogP contribution in [0.15, 0.2) is 40.6 Å². The Morgan fingerprint density at radius 1 is 1.26 bits per heavy atom. The van der Waals surface area contributed by atoms with E-state index in [0.717, 1.165) is 39.3 Å². The van der Waals surface area contributed by atoms with E-state index in [-0.39, 0.29) is 10.8 Å². The van der Waals surface area contributed by atoms with E-state index in [4.69, 9.17) is 9.47 Å². The van der Waals surface area contributed by atoms with Crippen LogP contribution < -0.4 is 10.1 Å². The molecule has 0 radical (unpaired) electrons. The van der Waals surface area contributed by atoms with Crippen molar-refractivity contribution in [3.8, 4) is 5.75 Å². The van der Waals surface area contributed by atoms with Gasteiger partial charge in [-0.15, -0.1) is 0 Å². The minimum absolute atomic E-state index is 0.133. The summed E-state index contributed by atoms with van der Waals surface area (Å²) in [7, 11) is -3.48. The van der Waals surface area contributed by atoms with Crippen LogP contribution >= 0.6 is 0 Å². The first-order valence-corrected chi connectivity index (χ1v) is 10.7. The van der Waals surface area contributed by atoms with E-state index in [9.17, 15) is 13.2 Å². The lowest BCUT2D eigenvalue weighted by atomic mass is 10.3. The van der Waals surface area contributed by atoms with Crippen molar-refractivity contribution in [2.45, 2.75) is 24.7 Å². The van der Waals surface area contributed by atoms with Crippen LogP contribution in [0.2, 0.25) is 0 Å². The zero-order chi connectivity index (χ0) is 19.5. The van der Waals surface area contributed by atoms with Crippen molar-refractivity contribution in [3.05, 3.63) is 35.7 Å². The van der Waals surface area contributed by atoms with E-state index >= 15 is 0 Å². The van der Waals surface area contributed by atoms with Gasteiger partial charge in [-0.2, -0.15) is 0 Å². The number of sulfone groups is 1. The summed E-state index contributed by atoms with van der Waals surface area (Å²) >= 11 is 0. The first-order valence-electron chi connectivity index (χ1n) is 9.16. The minimum Gasteiger partial charge on any atom is -0.494 e. The highest BCUT2D eigenvalue weighted by Crippen LogP contribution is 2.18. The number of morpholine rings is 1. The normalized spacial score (nSPS) is 15.7. The molecule has 7 nitrogen and oxygen atoms in total. The average molecular weight is 397 g/mol. The average Bonchev–Trinajstić information content (AvgIpc) is 2.66. The van der Waals surface area contributed by atoms with Crippen molar-refractivity contribution < 1.29 is 22.7 Å². The van der Waals surface area contributed by atoms with Gasteiger partial charge in [0.2, 0.25) is 5.91 Å². The molecule has 1 amide bonds.